The molecule has 0 amide bonds. The molecule has 0 aliphatic heterocycles. The van der Waals surface area contributed by atoms with Crippen molar-refractivity contribution in [2.24, 2.45) is 0 Å². The van der Waals surface area contributed by atoms with Gasteiger partial charge in [-0.25, -0.2) is 4.98 Å². The zero-order valence-electron chi connectivity index (χ0n) is 11.2. The molecule has 0 saturated heterocycles. The number of hydrogen-bond acceptors (Lipinski definition) is 4. The van der Waals surface area contributed by atoms with Gasteiger partial charge in [-0.05, 0) is 24.6 Å². The van der Waals surface area contributed by atoms with Crippen LogP contribution in [0.2, 0.25) is 5.02 Å². The Kier molecular flexibility index (Phi) is 4.62. The maximum Gasteiger partial charge on any atom is 0.309 e. The van der Waals surface area contributed by atoms with Gasteiger partial charge in [0.15, 0.2) is 5.13 Å². The highest BCUT2D eigenvalue weighted by atomic mass is 35.5. The smallest absolute Gasteiger partial charge is 0.309 e. The van der Waals surface area contributed by atoms with Gasteiger partial charge in [-0.2, -0.15) is 0 Å². The van der Waals surface area contributed by atoms with Crippen LogP contribution in [0.1, 0.15) is 24.2 Å². The maximum atomic E-state index is 10.7. The Hall–Kier alpha value is -1.59. The van der Waals surface area contributed by atoms with Crippen molar-refractivity contribution in [2.45, 2.75) is 19.4 Å². The minimum absolute atomic E-state index is 0.0420. The standard InChI is InChI=1S/C14H15ClN2O2S/c1-9(10-3-5-11(15)6-4-10)17(2)14-16-12(8-20-14)7-13(18)19/h3-6,8-9H,7H2,1-2H3,(H,18,19). The van der Waals surface area contributed by atoms with Crippen molar-refractivity contribution < 1.29 is 9.90 Å². The van der Waals surface area contributed by atoms with E-state index in [4.69, 9.17) is 16.7 Å². The van der Waals surface area contributed by atoms with Crippen LogP contribution in [-0.4, -0.2) is 23.1 Å². The van der Waals surface area contributed by atoms with Gasteiger partial charge in [0.25, 0.3) is 0 Å². The second-order valence-corrected chi connectivity index (χ2v) is 5.80. The van der Waals surface area contributed by atoms with Gasteiger partial charge in [0.05, 0.1) is 18.2 Å². The summed E-state index contributed by atoms with van der Waals surface area (Å²) < 4.78 is 0. The number of anilines is 1. The van der Waals surface area contributed by atoms with Crippen LogP contribution in [0.15, 0.2) is 29.6 Å². The Morgan fingerprint density at radius 2 is 2.10 bits per heavy atom. The average Bonchev–Trinajstić information content (AvgIpc) is 2.85. The zero-order chi connectivity index (χ0) is 14.7. The normalized spacial score (nSPS) is 12.2. The fourth-order valence-electron chi connectivity index (χ4n) is 1.82. The van der Waals surface area contributed by atoms with E-state index in [0.717, 1.165) is 10.7 Å². The molecule has 0 radical (unpaired) electrons. The largest absolute Gasteiger partial charge is 0.481 e. The second kappa shape index (κ2) is 6.24. The third-order valence-electron chi connectivity index (χ3n) is 3.11. The topological polar surface area (TPSA) is 53.4 Å². The highest BCUT2D eigenvalue weighted by Crippen LogP contribution is 2.28. The van der Waals surface area contributed by atoms with Crippen molar-refractivity contribution in [1.29, 1.82) is 0 Å². The minimum atomic E-state index is -0.866. The molecule has 1 unspecified atom stereocenters. The molecule has 1 N–H and O–H groups in total. The summed E-state index contributed by atoms with van der Waals surface area (Å²) in [7, 11) is 1.95. The third-order valence-corrected chi connectivity index (χ3v) is 4.34. The van der Waals surface area contributed by atoms with Crippen LogP contribution >= 0.6 is 22.9 Å². The van der Waals surface area contributed by atoms with Crippen molar-refractivity contribution in [1.82, 2.24) is 4.98 Å². The molecule has 0 spiro atoms. The van der Waals surface area contributed by atoms with Crippen LogP contribution in [0.3, 0.4) is 0 Å². The van der Waals surface area contributed by atoms with E-state index in [1.807, 2.05) is 36.2 Å². The number of thiazole rings is 1. The van der Waals surface area contributed by atoms with Gasteiger partial charge in [-0.3, -0.25) is 4.79 Å². The van der Waals surface area contributed by atoms with E-state index in [1.165, 1.54) is 11.3 Å². The van der Waals surface area contributed by atoms with Gasteiger partial charge in [0.2, 0.25) is 0 Å². The molecule has 0 aliphatic carbocycles. The number of aliphatic carboxylic acids is 1. The first kappa shape index (κ1) is 14.8. The highest BCUT2D eigenvalue weighted by Gasteiger charge is 2.16. The number of carboxylic acid groups (broad SMARTS) is 1. The average molecular weight is 311 g/mol. The van der Waals surface area contributed by atoms with E-state index in [0.29, 0.717) is 10.7 Å². The molecule has 0 bridgehead atoms. The van der Waals surface area contributed by atoms with E-state index in [-0.39, 0.29) is 12.5 Å². The summed E-state index contributed by atoms with van der Waals surface area (Å²) in [5, 5.41) is 12.1. The lowest BCUT2D eigenvalue weighted by molar-refractivity contribution is -0.136. The highest BCUT2D eigenvalue weighted by molar-refractivity contribution is 7.13. The Labute approximate surface area is 126 Å². The predicted molar refractivity (Wildman–Crippen MR) is 81.7 cm³/mol. The molecular formula is C14H15ClN2O2S. The quantitative estimate of drug-likeness (QED) is 0.916. The lowest BCUT2D eigenvalue weighted by atomic mass is 10.1. The Bertz CT molecular complexity index is 597. The molecule has 0 saturated carbocycles. The molecule has 2 aromatic rings. The fourth-order valence-corrected chi connectivity index (χ4v) is 2.82. The molecular weight excluding hydrogens is 296 g/mol. The maximum absolute atomic E-state index is 10.7. The van der Waals surface area contributed by atoms with E-state index in [2.05, 4.69) is 11.9 Å². The predicted octanol–water partition coefficient (Wildman–Crippen LogP) is 3.62. The van der Waals surface area contributed by atoms with Crippen LogP contribution in [-0.2, 0) is 11.2 Å². The molecule has 20 heavy (non-hydrogen) atoms. The van der Waals surface area contributed by atoms with Crippen molar-refractivity contribution >= 4 is 34.0 Å². The number of nitrogens with zero attached hydrogens (tertiary/aromatic N) is 2. The minimum Gasteiger partial charge on any atom is -0.481 e. The Balaban J connectivity index is 2.13. The second-order valence-electron chi connectivity index (χ2n) is 4.53. The molecule has 1 aromatic heterocycles. The molecule has 0 aliphatic rings. The molecule has 1 heterocycles. The first-order valence-electron chi connectivity index (χ1n) is 6.12. The van der Waals surface area contributed by atoms with Crippen molar-refractivity contribution in [2.75, 3.05) is 11.9 Å². The number of carboxylic acids is 1. The first-order chi connectivity index (χ1) is 9.47. The summed E-state index contributed by atoms with van der Waals surface area (Å²) in [6, 6.07) is 7.82. The zero-order valence-corrected chi connectivity index (χ0v) is 12.8. The van der Waals surface area contributed by atoms with Crippen molar-refractivity contribution in [3.63, 3.8) is 0 Å². The van der Waals surface area contributed by atoms with Crippen LogP contribution in [0.25, 0.3) is 0 Å². The number of hydrogen-bond donors (Lipinski definition) is 1. The summed E-state index contributed by atoms with van der Waals surface area (Å²) in [5.41, 5.74) is 1.72. The number of rotatable bonds is 5. The summed E-state index contributed by atoms with van der Waals surface area (Å²) in [4.78, 5) is 17.1. The number of aromatic nitrogens is 1. The molecule has 4 nitrogen and oxygen atoms in total. The van der Waals surface area contributed by atoms with Crippen molar-refractivity contribution in [3.05, 3.63) is 45.9 Å². The molecule has 2 rings (SSSR count). The number of halogens is 1. The van der Waals surface area contributed by atoms with Gasteiger partial charge in [0, 0.05) is 17.5 Å². The lowest BCUT2D eigenvalue weighted by Crippen LogP contribution is -2.21. The van der Waals surface area contributed by atoms with Gasteiger partial charge in [-0.1, -0.05) is 23.7 Å². The van der Waals surface area contributed by atoms with Gasteiger partial charge < -0.3 is 10.0 Å². The molecule has 106 valence electrons. The monoisotopic (exact) mass is 310 g/mol. The van der Waals surface area contributed by atoms with Crippen LogP contribution in [0.5, 0.6) is 0 Å². The number of carbonyl (C=O) groups is 1. The van der Waals surface area contributed by atoms with E-state index in [9.17, 15) is 4.79 Å². The lowest BCUT2D eigenvalue weighted by Gasteiger charge is -2.24. The number of benzene rings is 1. The van der Waals surface area contributed by atoms with E-state index < -0.39 is 5.97 Å². The summed E-state index contributed by atoms with van der Waals surface area (Å²) in [6.45, 7) is 2.07. The fraction of sp³-hybridized carbons (Fsp3) is 0.286. The molecule has 6 heteroatoms. The van der Waals surface area contributed by atoms with Crippen molar-refractivity contribution in [3.8, 4) is 0 Å². The van der Waals surface area contributed by atoms with Crippen LogP contribution in [0.4, 0.5) is 5.13 Å². The van der Waals surface area contributed by atoms with E-state index in [1.54, 1.807) is 5.38 Å². The Morgan fingerprint density at radius 1 is 1.45 bits per heavy atom. The molecule has 1 aromatic carbocycles. The van der Waals surface area contributed by atoms with Crippen LogP contribution < -0.4 is 4.90 Å². The molecule has 1 atom stereocenters. The molecule has 0 fully saturated rings. The van der Waals surface area contributed by atoms with Crippen LogP contribution in [0, 0.1) is 0 Å². The summed E-state index contributed by atoms with van der Waals surface area (Å²) in [6.07, 6.45) is -0.0420. The summed E-state index contributed by atoms with van der Waals surface area (Å²) >= 11 is 7.34. The first-order valence-corrected chi connectivity index (χ1v) is 7.37. The van der Waals surface area contributed by atoms with Gasteiger partial charge in [0.1, 0.15) is 0 Å². The van der Waals surface area contributed by atoms with Gasteiger partial charge >= 0.3 is 5.97 Å². The Morgan fingerprint density at radius 3 is 2.70 bits per heavy atom. The third kappa shape index (κ3) is 3.49. The SMILES string of the molecule is CC(c1ccc(Cl)cc1)N(C)c1nc(CC(=O)O)cs1. The summed E-state index contributed by atoms with van der Waals surface area (Å²) in [5.74, 6) is -0.866. The van der Waals surface area contributed by atoms with Gasteiger partial charge in [-0.15, -0.1) is 11.3 Å². The van der Waals surface area contributed by atoms with E-state index >= 15 is 0 Å².